The summed E-state index contributed by atoms with van der Waals surface area (Å²) < 4.78 is 5.43. The number of hydrogen-bond acceptors (Lipinski definition) is 5. The lowest BCUT2D eigenvalue weighted by Crippen LogP contribution is -2.24. The van der Waals surface area contributed by atoms with E-state index in [1.807, 2.05) is 18.2 Å². The van der Waals surface area contributed by atoms with Crippen LogP contribution in [0.3, 0.4) is 0 Å². The summed E-state index contributed by atoms with van der Waals surface area (Å²) in [7, 11) is 0. The third-order valence-electron chi connectivity index (χ3n) is 3.33. The highest BCUT2D eigenvalue weighted by atomic mass is 32.1. The van der Waals surface area contributed by atoms with Crippen molar-refractivity contribution >= 4 is 23.2 Å². The molecular formula is C15H14N2O4S. The van der Waals surface area contributed by atoms with Gasteiger partial charge >= 0.3 is 5.97 Å². The number of rotatable bonds is 5. The SMILES string of the molecule is O=C(Cc1ccc2c(c1)CCO2)NCc1nc(C(=O)O)cs1. The number of carbonyl (C=O) groups is 2. The van der Waals surface area contributed by atoms with E-state index in [0.29, 0.717) is 11.6 Å². The summed E-state index contributed by atoms with van der Waals surface area (Å²) in [6.45, 7) is 0.936. The Morgan fingerprint density at radius 3 is 3.05 bits per heavy atom. The van der Waals surface area contributed by atoms with Crippen LogP contribution >= 0.6 is 11.3 Å². The molecule has 1 aromatic heterocycles. The molecule has 0 atom stereocenters. The number of aromatic carboxylic acids is 1. The molecule has 6 nitrogen and oxygen atoms in total. The molecule has 7 heteroatoms. The first kappa shape index (κ1) is 14.5. The van der Waals surface area contributed by atoms with Gasteiger partial charge in [0.05, 0.1) is 19.6 Å². The molecule has 2 heterocycles. The monoisotopic (exact) mass is 318 g/mol. The number of benzene rings is 1. The Hall–Kier alpha value is -2.41. The Bertz CT molecular complexity index is 726. The third kappa shape index (κ3) is 3.25. The second kappa shape index (κ2) is 6.15. The lowest BCUT2D eigenvalue weighted by atomic mass is 10.1. The van der Waals surface area contributed by atoms with Crippen LogP contribution in [0.15, 0.2) is 23.6 Å². The average Bonchev–Trinajstić information content (AvgIpc) is 3.13. The average molecular weight is 318 g/mol. The lowest BCUT2D eigenvalue weighted by Gasteiger charge is -2.05. The van der Waals surface area contributed by atoms with Crippen molar-refractivity contribution in [1.82, 2.24) is 10.3 Å². The quantitative estimate of drug-likeness (QED) is 0.875. The van der Waals surface area contributed by atoms with E-state index in [9.17, 15) is 9.59 Å². The Balaban J connectivity index is 1.55. The maximum absolute atomic E-state index is 11.9. The molecule has 1 aliphatic rings. The smallest absolute Gasteiger partial charge is 0.355 e. The summed E-state index contributed by atoms with van der Waals surface area (Å²) in [5.74, 6) is -0.284. The largest absolute Gasteiger partial charge is 0.493 e. The van der Waals surface area contributed by atoms with E-state index in [2.05, 4.69) is 10.3 Å². The van der Waals surface area contributed by atoms with Gasteiger partial charge in [-0.1, -0.05) is 12.1 Å². The van der Waals surface area contributed by atoms with Crippen LogP contribution in [0.5, 0.6) is 5.75 Å². The van der Waals surface area contributed by atoms with E-state index >= 15 is 0 Å². The van der Waals surface area contributed by atoms with Crippen molar-refractivity contribution in [2.75, 3.05) is 6.61 Å². The van der Waals surface area contributed by atoms with Crippen molar-refractivity contribution in [3.05, 3.63) is 45.4 Å². The van der Waals surface area contributed by atoms with Gasteiger partial charge in [0, 0.05) is 11.8 Å². The normalized spacial score (nSPS) is 12.5. The molecule has 114 valence electrons. The van der Waals surface area contributed by atoms with Crippen molar-refractivity contribution < 1.29 is 19.4 Å². The highest BCUT2D eigenvalue weighted by molar-refractivity contribution is 7.09. The minimum atomic E-state index is -1.06. The van der Waals surface area contributed by atoms with Crippen LogP contribution in [0.2, 0.25) is 0 Å². The number of fused-ring (bicyclic) bond motifs is 1. The summed E-state index contributed by atoms with van der Waals surface area (Å²) in [4.78, 5) is 26.6. The molecule has 1 aromatic carbocycles. The molecule has 0 unspecified atom stereocenters. The summed E-state index contributed by atoms with van der Waals surface area (Å²) in [5.41, 5.74) is 2.08. The van der Waals surface area contributed by atoms with Gasteiger partial charge in [0.2, 0.25) is 5.91 Å². The first-order valence-electron chi connectivity index (χ1n) is 6.81. The van der Waals surface area contributed by atoms with Crippen molar-refractivity contribution in [1.29, 1.82) is 0 Å². The molecule has 0 aliphatic carbocycles. The number of carbonyl (C=O) groups excluding carboxylic acids is 1. The van der Waals surface area contributed by atoms with Gasteiger partial charge in [-0.15, -0.1) is 11.3 Å². The van der Waals surface area contributed by atoms with Crippen molar-refractivity contribution in [2.24, 2.45) is 0 Å². The van der Waals surface area contributed by atoms with Crippen molar-refractivity contribution in [3.8, 4) is 5.75 Å². The maximum atomic E-state index is 11.9. The number of nitrogens with one attached hydrogen (secondary N) is 1. The summed E-state index contributed by atoms with van der Waals surface area (Å²) in [5, 5.41) is 13.6. The Labute approximate surface area is 130 Å². The maximum Gasteiger partial charge on any atom is 0.355 e. The molecule has 1 aliphatic heterocycles. The number of nitrogens with zero attached hydrogens (tertiary/aromatic N) is 1. The van der Waals surface area contributed by atoms with Gasteiger partial charge in [-0.2, -0.15) is 0 Å². The van der Waals surface area contributed by atoms with Crippen LogP contribution in [0.25, 0.3) is 0 Å². The minimum Gasteiger partial charge on any atom is -0.493 e. The lowest BCUT2D eigenvalue weighted by molar-refractivity contribution is -0.120. The van der Waals surface area contributed by atoms with E-state index in [-0.39, 0.29) is 24.6 Å². The second-order valence-corrected chi connectivity index (χ2v) is 5.87. The molecule has 0 fully saturated rings. The highest BCUT2D eigenvalue weighted by Gasteiger charge is 2.14. The van der Waals surface area contributed by atoms with E-state index < -0.39 is 5.97 Å². The van der Waals surface area contributed by atoms with Gasteiger partial charge in [-0.25, -0.2) is 9.78 Å². The van der Waals surface area contributed by atoms with Crippen LogP contribution in [0.1, 0.15) is 26.6 Å². The third-order valence-corrected chi connectivity index (χ3v) is 4.18. The Morgan fingerprint density at radius 1 is 1.41 bits per heavy atom. The summed E-state index contributed by atoms with van der Waals surface area (Å²) >= 11 is 1.22. The molecule has 2 aromatic rings. The summed E-state index contributed by atoms with van der Waals surface area (Å²) in [6.07, 6.45) is 1.16. The fraction of sp³-hybridized carbons (Fsp3) is 0.267. The van der Waals surface area contributed by atoms with E-state index in [1.165, 1.54) is 16.7 Å². The minimum absolute atomic E-state index is 0.00729. The number of carboxylic acids is 1. The molecule has 1 amide bonds. The van der Waals surface area contributed by atoms with Crippen LogP contribution in [0, 0.1) is 0 Å². The number of carboxylic acid groups (broad SMARTS) is 1. The molecule has 0 saturated carbocycles. The number of amides is 1. The van der Waals surface area contributed by atoms with E-state index in [4.69, 9.17) is 9.84 Å². The van der Waals surface area contributed by atoms with Crippen LogP contribution in [0.4, 0.5) is 0 Å². The summed E-state index contributed by atoms with van der Waals surface area (Å²) in [6, 6.07) is 5.77. The first-order chi connectivity index (χ1) is 10.6. The van der Waals surface area contributed by atoms with Crippen LogP contribution in [-0.2, 0) is 24.2 Å². The zero-order chi connectivity index (χ0) is 15.5. The highest BCUT2D eigenvalue weighted by Crippen LogP contribution is 2.25. The van der Waals surface area contributed by atoms with Gasteiger partial charge in [0.1, 0.15) is 10.8 Å². The fourth-order valence-electron chi connectivity index (χ4n) is 2.26. The topological polar surface area (TPSA) is 88.5 Å². The second-order valence-electron chi connectivity index (χ2n) is 4.93. The zero-order valence-corrected chi connectivity index (χ0v) is 12.5. The predicted octanol–water partition coefficient (Wildman–Crippen LogP) is 1.64. The molecule has 0 spiro atoms. The molecule has 2 N–H and O–H groups in total. The first-order valence-corrected chi connectivity index (χ1v) is 7.69. The molecule has 0 bridgehead atoms. The van der Waals surface area contributed by atoms with Gasteiger partial charge in [0.25, 0.3) is 0 Å². The van der Waals surface area contributed by atoms with Gasteiger partial charge in [0.15, 0.2) is 5.69 Å². The van der Waals surface area contributed by atoms with Crippen molar-refractivity contribution in [2.45, 2.75) is 19.4 Å². The zero-order valence-electron chi connectivity index (χ0n) is 11.7. The standard InChI is InChI=1S/C15H14N2O4S/c18-13(16-7-14-17-11(8-22-14)15(19)20)6-9-1-2-12-10(5-9)3-4-21-12/h1-2,5,8H,3-4,6-7H2,(H,16,18)(H,19,20). The van der Waals surface area contributed by atoms with Gasteiger partial charge in [-0.3, -0.25) is 4.79 Å². The van der Waals surface area contributed by atoms with Crippen molar-refractivity contribution in [3.63, 3.8) is 0 Å². The van der Waals surface area contributed by atoms with Crippen LogP contribution in [-0.4, -0.2) is 28.6 Å². The Morgan fingerprint density at radius 2 is 2.27 bits per heavy atom. The molecule has 0 radical (unpaired) electrons. The van der Waals surface area contributed by atoms with Crippen LogP contribution < -0.4 is 10.1 Å². The van der Waals surface area contributed by atoms with E-state index in [0.717, 1.165) is 23.3 Å². The molecule has 0 saturated heterocycles. The number of hydrogen-bond donors (Lipinski definition) is 2. The predicted molar refractivity (Wildman–Crippen MR) is 80.3 cm³/mol. The number of thiazole rings is 1. The van der Waals surface area contributed by atoms with E-state index in [1.54, 1.807) is 0 Å². The van der Waals surface area contributed by atoms with Gasteiger partial charge < -0.3 is 15.2 Å². The van der Waals surface area contributed by atoms with Gasteiger partial charge in [-0.05, 0) is 17.2 Å². The molecular weight excluding hydrogens is 304 g/mol. The molecule has 3 rings (SSSR count). The number of aromatic nitrogens is 1. The molecule has 22 heavy (non-hydrogen) atoms. The Kier molecular flexibility index (Phi) is 4.06. The fourth-order valence-corrected chi connectivity index (χ4v) is 2.97. The number of ether oxygens (including phenoxy) is 1.